The van der Waals surface area contributed by atoms with Crippen molar-refractivity contribution in [2.45, 2.75) is 13.0 Å². The van der Waals surface area contributed by atoms with Crippen molar-refractivity contribution in [2.24, 2.45) is 0 Å². The Labute approximate surface area is 127 Å². The summed E-state index contributed by atoms with van der Waals surface area (Å²) in [5, 5.41) is 6.91. The van der Waals surface area contributed by atoms with Crippen LogP contribution in [0, 0.1) is 6.92 Å². The lowest BCUT2D eigenvalue weighted by Crippen LogP contribution is -2.36. The quantitative estimate of drug-likeness (QED) is 0.885. The van der Waals surface area contributed by atoms with Crippen molar-refractivity contribution in [3.05, 3.63) is 56.1 Å². The van der Waals surface area contributed by atoms with Crippen molar-refractivity contribution < 1.29 is 4.79 Å². The summed E-state index contributed by atoms with van der Waals surface area (Å²) in [6, 6.07) is 5.40. The standard InChI is InChI=1S/C15H19N3O2S/c1-10-4-5-12(15(20)17-10)14(19)16-8-13(18(2)3)11-6-7-21-9-11/h4-7,9,13H,8H2,1-3H3,(H,16,19)(H,17,20)/t13-/m0/s1. The summed E-state index contributed by atoms with van der Waals surface area (Å²) in [6.07, 6.45) is 0. The molecule has 0 radical (unpaired) electrons. The lowest BCUT2D eigenvalue weighted by atomic mass is 10.1. The topological polar surface area (TPSA) is 65.2 Å². The molecule has 2 aromatic rings. The van der Waals surface area contributed by atoms with E-state index in [1.54, 1.807) is 30.4 Å². The second-order valence-corrected chi connectivity index (χ2v) is 5.91. The second kappa shape index (κ2) is 6.69. The molecule has 2 heterocycles. The number of nitrogens with one attached hydrogen (secondary N) is 2. The number of H-pyrrole nitrogens is 1. The Bertz CT molecular complexity index is 662. The lowest BCUT2D eigenvalue weighted by molar-refractivity contribution is 0.0940. The van der Waals surface area contributed by atoms with Crippen LogP contribution in [0.2, 0.25) is 0 Å². The Balaban J connectivity index is 2.07. The van der Waals surface area contributed by atoms with E-state index in [9.17, 15) is 9.59 Å². The normalized spacial score (nSPS) is 12.4. The maximum absolute atomic E-state index is 12.1. The number of rotatable bonds is 5. The number of aromatic amines is 1. The van der Waals surface area contributed by atoms with Crippen LogP contribution in [0.25, 0.3) is 0 Å². The molecule has 0 unspecified atom stereocenters. The van der Waals surface area contributed by atoms with E-state index in [4.69, 9.17) is 0 Å². The van der Waals surface area contributed by atoms with Crippen molar-refractivity contribution in [2.75, 3.05) is 20.6 Å². The predicted molar refractivity (Wildman–Crippen MR) is 84.9 cm³/mol. The zero-order valence-electron chi connectivity index (χ0n) is 12.3. The average molecular weight is 305 g/mol. The van der Waals surface area contributed by atoms with Gasteiger partial charge in [-0.1, -0.05) is 0 Å². The van der Waals surface area contributed by atoms with Crippen LogP contribution in [0.3, 0.4) is 0 Å². The fourth-order valence-corrected chi connectivity index (χ4v) is 2.81. The minimum absolute atomic E-state index is 0.0877. The van der Waals surface area contributed by atoms with E-state index >= 15 is 0 Å². The molecule has 0 aliphatic heterocycles. The average Bonchev–Trinajstić information content (AvgIpc) is 2.92. The van der Waals surface area contributed by atoms with Crippen LogP contribution in [-0.2, 0) is 0 Å². The van der Waals surface area contributed by atoms with E-state index in [-0.39, 0.29) is 23.1 Å². The van der Waals surface area contributed by atoms with Gasteiger partial charge < -0.3 is 15.2 Å². The molecule has 6 heteroatoms. The van der Waals surface area contributed by atoms with E-state index in [0.29, 0.717) is 6.54 Å². The summed E-state index contributed by atoms with van der Waals surface area (Å²) in [5.41, 5.74) is 1.68. The van der Waals surface area contributed by atoms with E-state index in [0.717, 1.165) is 11.3 Å². The highest BCUT2D eigenvalue weighted by atomic mass is 32.1. The minimum atomic E-state index is -0.357. The number of hydrogen-bond acceptors (Lipinski definition) is 4. The number of carbonyl (C=O) groups is 1. The Hall–Kier alpha value is -1.92. The lowest BCUT2D eigenvalue weighted by Gasteiger charge is -2.23. The van der Waals surface area contributed by atoms with E-state index in [1.165, 1.54) is 0 Å². The molecule has 1 atom stereocenters. The largest absolute Gasteiger partial charge is 0.350 e. The molecular formula is C15H19N3O2S. The fourth-order valence-electron chi connectivity index (χ4n) is 2.10. The zero-order valence-corrected chi connectivity index (χ0v) is 13.2. The molecule has 0 saturated heterocycles. The molecule has 0 aliphatic rings. The maximum atomic E-state index is 12.1. The van der Waals surface area contributed by atoms with Crippen LogP contribution in [0.5, 0.6) is 0 Å². The van der Waals surface area contributed by atoms with Crippen molar-refractivity contribution in [1.29, 1.82) is 0 Å². The van der Waals surface area contributed by atoms with Crippen molar-refractivity contribution >= 4 is 17.2 Å². The van der Waals surface area contributed by atoms with Crippen LogP contribution in [-0.4, -0.2) is 36.4 Å². The van der Waals surface area contributed by atoms with Crippen molar-refractivity contribution in [3.8, 4) is 0 Å². The highest BCUT2D eigenvalue weighted by Gasteiger charge is 2.17. The number of likely N-dealkylation sites (N-methyl/N-ethyl adjacent to an activating group) is 1. The summed E-state index contributed by atoms with van der Waals surface area (Å²) >= 11 is 1.63. The highest BCUT2D eigenvalue weighted by Crippen LogP contribution is 2.19. The molecule has 0 saturated carbocycles. The molecule has 0 bridgehead atoms. The summed E-state index contributed by atoms with van der Waals surface area (Å²) in [5.74, 6) is -0.349. The van der Waals surface area contributed by atoms with Gasteiger partial charge in [0.15, 0.2) is 0 Å². The monoisotopic (exact) mass is 305 g/mol. The molecule has 0 aromatic carbocycles. The molecule has 0 spiro atoms. The smallest absolute Gasteiger partial charge is 0.260 e. The van der Waals surface area contributed by atoms with Gasteiger partial charge in [-0.3, -0.25) is 9.59 Å². The first-order valence-corrected chi connectivity index (χ1v) is 7.60. The molecule has 21 heavy (non-hydrogen) atoms. The predicted octanol–water partition coefficient (Wildman–Crippen LogP) is 1.78. The Kier molecular flexibility index (Phi) is 4.93. The Morgan fingerprint density at radius 3 is 2.71 bits per heavy atom. The van der Waals surface area contributed by atoms with Gasteiger partial charge in [-0.2, -0.15) is 11.3 Å². The van der Waals surface area contributed by atoms with E-state index in [2.05, 4.69) is 15.7 Å². The van der Waals surface area contributed by atoms with Crippen LogP contribution in [0.4, 0.5) is 0 Å². The van der Waals surface area contributed by atoms with Crippen molar-refractivity contribution in [1.82, 2.24) is 15.2 Å². The third-order valence-electron chi connectivity index (χ3n) is 3.31. The number of amides is 1. The molecule has 2 N–H and O–H groups in total. The number of pyridine rings is 1. The number of hydrogen-bond donors (Lipinski definition) is 2. The van der Waals surface area contributed by atoms with Gasteiger partial charge in [-0.15, -0.1) is 0 Å². The molecular weight excluding hydrogens is 286 g/mol. The third-order valence-corrected chi connectivity index (χ3v) is 4.01. The third kappa shape index (κ3) is 3.80. The minimum Gasteiger partial charge on any atom is -0.350 e. The molecule has 0 aliphatic carbocycles. The number of thiophene rings is 1. The van der Waals surface area contributed by atoms with Gasteiger partial charge in [0.25, 0.3) is 11.5 Å². The number of carbonyl (C=O) groups excluding carboxylic acids is 1. The highest BCUT2D eigenvalue weighted by molar-refractivity contribution is 7.07. The molecule has 112 valence electrons. The summed E-state index contributed by atoms with van der Waals surface area (Å²) in [7, 11) is 3.93. The van der Waals surface area contributed by atoms with Gasteiger partial charge >= 0.3 is 0 Å². The van der Waals surface area contributed by atoms with Crippen LogP contribution in [0.1, 0.15) is 27.7 Å². The van der Waals surface area contributed by atoms with Crippen LogP contribution in [0.15, 0.2) is 33.8 Å². The summed E-state index contributed by atoms with van der Waals surface area (Å²) in [4.78, 5) is 28.6. The molecule has 1 amide bonds. The Morgan fingerprint density at radius 2 is 2.14 bits per heavy atom. The number of aromatic nitrogens is 1. The van der Waals surface area contributed by atoms with Crippen molar-refractivity contribution in [3.63, 3.8) is 0 Å². The van der Waals surface area contributed by atoms with Gasteiger partial charge in [0, 0.05) is 12.2 Å². The Morgan fingerprint density at radius 1 is 1.38 bits per heavy atom. The van der Waals surface area contributed by atoms with Gasteiger partial charge in [0.2, 0.25) is 0 Å². The van der Waals surface area contributed by atoms with Gasteiger partial charge in [0.1, 0.15) is 5.56 Å². The van der Waals surface area contributed by atoms with Crippen LogP contribution >= 0.6 is 11.3 Å². The molecule has 0 fully saturated rings. The second-order valence-electron chi connectivity index (χ2n) is 5.13. The number of aryl methyl sites for hydroxylation is 1. The van der Waals surface area contributed by atoms with Gasteiger partial charge in [-0.25, -0.2) is 0 Å². The molecule has 5 nitrogen and oxygen atoms in total. The summed E-state index contributed by atoms with van der Waals surface area (Å²) in [6.45, 7) is 2.23. The van der Waals surface area contributed by atoms with Gasteiger partial charge in [0.05, 0.1) is 6.04 Å². The van der Waals surface area contributed by atoms with E-state index < -0.39 is 0 Å². The first kappa shape index (κ1) is 15.5. The molecule has 2 aromatic heterocycles. The SMILES string of the molecule is Cc1ccc(C(=O)NC[C@@H](c2ccsc2)N(C)C)c(=O)[nH]1. The number of nitrogens with zero attached hydrogens (tertiary/aromatic N) is 1. The molecule has 2 rings (SSSR count). The zero-order chi connectivity index (χ0) is 15.4. The first-order chi connectivity index (χ1) is 9.99. The van der Waals surface area contributed by atoms with Crippen LogP contribution < -0.4 is 10.9 Å². The maximum Gasteiger partial charge on any atom is 0.260 e. The summed E-state index contributed by atoms with van der Waals surface area (Å²) < 4.78 is 0. The first-order valence-electron chi connectivity index (χ1n) is 6.65. The van der Waals surface area contributed by atoms with Gasteiger partial charge in [-0.05, 0) is 55.5 Å². The van der Waals surface area contributed by atoms with E-state index in [1.807, 2.05) is 30.4 Å². The fraction of sp³-hybridized carbons (Fsp3) is 0.333.